The van der Waals surface area contributed by atoms with Crippen molar-refractivity contribution in [3.63, 3.8) is 0 Å². The molecule has 3 aromatic rings. The fourth-order valence-corrected chi connectivity index (χ4v) is 4.07. The molecule has 0 amide bonds. The summed E-state index contributed by atoms with van der Waals surface area (Å²) in [7, 11) is -1.66. The van der Waals surface area contributed by atoms with Gasteiger partial charge in [-0.15, -0.1) is 0 Å². The number of ether oxygens (including phenoxy) is 1. The van der Waals surface area contributed by atoms with Crippen molar-refractivity contribution in [2.75, 3.05) is 13.4 Å². The van der Waals surface area contributed by atoms with Crippen LogP contribution in [0.1, 0.15) is 36.1 Å². The number of nitriles is 1. The number of aryl methyl sites for hydroxylation is 1. The van der Waals surface area contributed by atoms with E-state index in [1.807, 2.05) is 49.4 Å². The smallest absolute Gasteiger partial charge is 0.216 e. The molecular weight excluding hydrogens is 410 g/mol. The highest BCUT2D eigenvalue weighted by Crippen LogP contribution is 2.31. The van der Waals surface area contributed by atoms with E-state index in [9.17, 15) is 13.7 Å². The molecular formula is C24H27N3O3S. The first-order chi connectivity index (χ1) is 14.7. The Hall–Kier alpha value is -2.95. The van der Waals surface area contributed by atoms with Gasteiger partial charge in [-0.3, -0.25) is 0 Å². The number of hydrogen-bond donors (Lipinski definition) is 1. The van der Waals surface area contributed by atoms with Gasteiger partial charge in [-0.05, 0) is 48.6 Å². The standard InChI is InChI=1S/C24H27N3O3S/c1-5-19-12-20-9-10-21(13-22(20)27-23(19)30-3)24(2,16-25)14-17-7-6-8-18(11-17)15-26-31(4,28)29/h6-13,26H,5,14-15H2,1-4H3. The number of benzene rings is 2. The summed E-state index contributed by atoms with van der Waals surface area (Å²) in [5.41, 5.74) is 3.75. The van der Waals surface area contributed by atoms with Crippen LogP contribution in [0.15, 0.2) is 48.5 Å². The van der Waals surface area contributed by atoms with E-state index < -0.39 is 15.4 Å². The van der Waals surface area contributed by atoms with Crippen LogP contribution >= 0.6 is 0 Å². The number of methoxy groups -OCH3 is 1. The highest BCUT2D eigenvalue weighted by molar-refractivity contribution is 7.88. The third-order valence-electron chi connectivity index (χ3n) is 5.40. The Bertz CT molecular complexity index is 1250. The van der Waals surface area contributed by atoms with Crippen LogP contribution in [0, 0.1) is 11.3 Å². The van der Waals surface area contributed by atoms with Crippen LogP contribution in [0.5, 0.6) is 5.88 Å². The van der Waals surface area contributed by atoms with Crippen LogP contribution in [0.3, 0.4) is 0 Å². The van der Waals surface area contributed by atoms with Crippen molar-refractivity contribution in [1.29, 1.82) is 5.26 Å². The lowest BCUT2D eigenvalue weighted by atomic mass is 9.78. The van der Waals surface area contributed by atoms with Crippen molar-refractivity contribution in [1.82, 2.24) is 9.71 Å². The Morgan fingerprint density at radius 3 is 2.55 bits per heavy atom. The number of pyridine rings is 1. The molecule has 0 saturated carbocycles. The molecule has 0 fully saturated rings. The summed E-state index contributed by atoms with van der Waals surface area (Å²) in [5.74, 6) is 0.608. The fourth-order valence-electron chi connectivity index (χ4n) is 3.64. The first kappa shape index (κ1) is 22.7. The molecule has 162 valence electrons. The molecule has 0 saturated heterocycles. The molecule has 3 rings (SSSR count). The Kier molecular flexibility index (Phi) is 6.63. The highest BCUT2D eigenvalue weighted by Gasteiger charge is 2.27. The largest absolute Gasteiger partial charge is 0.481 e. The Labute approximate surface area is 183 Å². The minimum absolute atomic E-state index is 0.218. The summed E-state index contributed by atoms with van der Waals surface area (Å²) in [6.45, 7) is 4.19. The number of sulfonamides is 1. The summed E-state index contributed by atoms with van der Waals surface area (Å²) in [6.07, 6.45) is 2.45. The number of aromatic nitrogens is 1. The van der Waals surface area contributed by atoms with Gasteiger partial charge in [-0.1, -0.05) is 43.3 Å². The summed E-state index contributed by atoms with van der Waals surface area (Å²) >= 11 is 0. The van der Waals surface area contributed by atoms with Crippen molar-refractivity contribution < 1.29 is 13.2 Å². The number of rotatable bonds is 8. The summed E-state index contributed by atoms with van der Waals surface area (Å²) in [5, 5.41) is 11.1. The van der Waals surface area contributed by atoms with Crippen molar-refractivity contribution in [2.45, 2.75) is 38.6 Å². The SMILES string of the molecule is CCc1cc2ccc(C(C)(C#N)Cc3cccc(CNS(C)(=O)=O)c3)cc2nc1OC. The number of nitrogens with one attached hydrogen (secondary N) is 1. The van der Waals surface area contributed by atoms with Crippen LogP contribution in [0.2, 0.25) is 0 Å². The zero-order valence-corrected chi connectivity index (χ0v) is 19.1. The van der Waals surface area contributed by atoms with Gasteiger partial charge in [0.15, 0.2) is 0 Å². The molecule has 7 heteroatoms. The van der Waals surface area contributed by atoms with Crippen LogP contribution in [-0.2, 0) is 34.8 Å². The predicted molar refractivity (Wildman–Crippen MR) is 122 cm³/mol. The van der Waals surface area contributed by atoms with Crippen molar-refractivity contribution >= 4 is 20.9 Å². The van der Waals surface area contributed by atoms with Gasteiger partial charge in [0, 0.05) is 17.5 Å². The molecule has 0 aliphatic rings. The molecule has 2 aromatic carbocycles. The molecule has 1 heterocycles. The van der Waals surface area contributed by atoms with E-state index in [4.69, 9.17) is 4.74 Å². The molecule has 6 nitrogen and oxygen atoms in total. The predicted octanol–water partition coefficient (Wildman–Crippen LogP) is 3.88. The monoisotopic (exact) mass is 437 g/mol. The molecule has 0 bridgehead atoms. The second-order valence-corrected chi connectivity index (χ2v) is 9.78. The topological polar surface area (TPSA) is 92.1 Å². The Balaban J connectivity index is 1.93. The third kappa shape index (κ3) is 5.40. The van der Waals surface area contributed by atoms with Crippen molar-refractivity contribution in [2.24, 2.45) is 0 Å². The quantitative estimate of drug-likeness (QED) is 0.577. The first-order valence-corrected chi connectivity index (χ1v) is 12.0. The second kappa shape index (κ2) is 9.04. The van der Waals surface area contributed by atoms with E-state index in [1.165, 1.54) is 0 Å². The fraction of sp³-hybridized carbons (Fsp3) is 0.333. The molecule has 0 radical (unpaired) electrons. The van der Waals surface area contributed by atoms with Crippen LogP contribution in [0.25, 0.3) is 10.9 Å². The van der Waals surface area contributed by atoms with Gasteiger partial charge in [0.2, 0.25) is 15.9 Å². The van der Waals surface area contributed by atoms with Gasteiger partial charge < -0.3 is 4.74 Å². The van der Waals surface area contributed by atoms with E-state index in [2.05, 4.69) is 28.8 Å². The van der Waals surface area contributed by atoms with Gasteiger partial charge in [-0.2, -0.15) is 5.26 Å². The molecule has 1 unspecified atom stereocenters. The molecule has 0 aliphatic heterocycles. The summed E-state index contributed by atoms with van der Waals surface area (Å²) in [6, 6.07) is 18.1. The second-order valence-electron chi connectivity index (χ2n) is 7.95. The molecule has 0 aliphatic carbocycles. The lowest BCUT2D eigenvalue weighted by Gasteiger charge is -2.23. The van der Waals surface area contributed by atoms with Gasteiger partial charge >= 0.3 is 0 Å². The van der Waals surface area contributed by atoms with E-state index >= 15 is 0 Å². The molecule has 1 N–H and O–H groups in total. The van der Waals surface area contributed by atoms with Gasteiger partial charge in [-0.25, -0.2) is 18.1 Å². The van der Waals surface area contributed by atoms with E-state index in [1.54, 1.807) is 7.11 Å². The van der Waals surface area contributed by atoms with Gasteiger partial charge in [0.1, 0.15) is 0 Å². The normalized spacial score (nSPS) is 13.5. The van der Waals surface area contributed by atoms with Crippen molar-refractivity contribution in [3.8, 4) is 11.9 Å². The number of nitrogens with zero attached hydrogens (tertiary/aromatic N) is 2. The van der Waals surface area contributed by atoms with Crippen LogP contribution in [-0.4, -0.2) is 26.8 Å². The zero-order valence-electron chi connectivity index (χ0n) is 18.3. The van der Waals surface area contributed by atoms with Gasteiger partial charge in [0.25, 0.3) is 0 Å². The zero-order chi connectivity index (χ0) is 22.6. The molecule has 1 aromatic heterocycles. The molecule has 0 spiro atoms. The minimum atomic E-state index is -3.27. The van der Waals surface area contributed by atoms with E-state index in [0.717, 1.165) is 45.8 Å². The summed E-state index contributed by atoms with van der Waals surface area (Å²) < 4.78 is 30.7. The van der Waals surface area contributed by atoms with Crippen molar-refractivity contribution in [3.05, 3.63) is 70.8 Å². The van der Waals surface area contributed by atoms with Crippen LogP contribution < -0.4 is 9.46 Å². The lowest BCUT2D eigenvalue weighted by molar-refractivity contribution is 0.395. The number of fused-ring (bicyclic) bond motifs is 1. The molecule has 31 heavy (non-hydrogen) atoms. The van der Waals surface area contributed by atoms with Gasteiger partial charge in [0.05, 0.1) is 30.4 Å². The van der Waals surface area contributed by atoms with E-state index in [0.29, 0.717) is 12.3 Å². The van der Waals surface area contributed by atoms with E-state index in [-0.39, 0.29) is 6.54 Å². The van der Waals surface area contributed by atoms with Crippen LogP contribution in [0.4, 0.5) is 0 Å². The summed E-state index contributed by atoms with van der Waals surface area (Å²) in [4.78, 5) is 4.64. The minimum Gasteiger partial charge on any atom is -0.481 e. The average molecular weight is 438 g/mol. The first-order valence-electron chi connectivity index (χ1n) is 10.1. The third-order valence-corrected chi connectivity index (χ3v) is 6.07. The molecule has 1 atom stereocenters. The maximum atomic E-state index is 11.4. The lowest BCUT2D eigenvalue weighted by Crippen LogP contribution is -2.23. The Morgan fingerprint density at radius 2 is 1.90 bits per heavy atom. The Morgan fingerprint density at radius 1 is 1.16 bits per heavy atom. The maximum Gasteiger partial charge on any atom is 0.216 e. The average Bonchev–Trinajstić information content (AvgIpc) is 2.76. The highest BCUT2D eigenvalue weighted by atomic mass is 32.2. The number of hydrogen-bond acceptors (Lipinski definition) is 5. The maximum absolute atomic E-state index is 11.4.